The second kappa shape index (κ2) is 8.93. The van der Waals surface area contributed by atoms with Crippen LogP contribution in [-0.4, -0.2) is 37.1 Å². The minimum Gasteiger partial charge on any atom is -0.315 e. The van der Waals surface area contributed by atoms with Gasteiger partial charge in [0.1, 0.15) is 0 Å². The molecule has 0 bridgehead atoms. The number of rotatable bonds is 11. The molecule has 1 aliphatic rings. The number of nitrogens with one attached hydrogen (secondary N) is 1. The monoisotopic (exact) mass is 240 g/mol. The highest BCUT2D eigenvalue weighted by Gasteiger charge is 2.23. The van der Waals surface area contributed by atoms with Gasteiger partial charge in [0.05, 0.1) is 0 Å². The third-order valence-electron chi connectivity index (χ3n) is 3.46. The highest BCUT2D eigenvalue weighted by Crippen LogP contribution is 2.29. The summed E-state index contributed by atoms with van der Waals surface area (Å²) in [6.07, 6.45) is 8.37. The Balaban J connectivity index is 1.93. The zero-order valence-electron chi connectivity index (χ0n) is 12.2. The molecule has 0 atom stereocenters. The van der Waals surface area contributed by atoms with E-state index in [4.69, 9.17) is 0 Å². The van der Waals surface area contributed by atoms with E-state index in [2.05, 4.69) is 31.0 Å². The van der Waals surface area contributed by atoms with Crippen LogP contribution in [0.15, 0.2) is 0 Å². The van der Waals surface area contributed by atoms with E-state index in [0.717, 1.165) is 5.92 Å². The van der Waals surface area contributed by atoms with Crippen molar-refractivity contribution in [2.24, 2.45) is 5.92 Å². The summed E-state index contributed by atoms with van der Waals surface area (Å²) in [5.74, 6) is 1.05. The zero-order valence-corrected chi connectivity index (χ0v) is 12.2. The number of unbranched alkanes of at least 4 members (excludes halogenated alkanes) is 2. The number of nitrogens with zero attached hydrogens (tertiary/aromatic N) is 1. The van der Waals surface area contributed by atoms with Gasteiger partial charge >= 0.3 is 0 Å². The molecular weight excluding hydrogens is 208 g/mol. The summed E-state index contributed by atoms with van der Waals surface area (Å²) in [6, 6.07) is 0.640. The highest BCUT2D eigenvalue weighted by molar-refractivity contribution is 4.77. The Morgan fingerprint density at radius 2 is 1.88 bits per heavy atom. The van der Waals surface area contributed by atoms with E-state index in [1.807, 2.05) is 0 Å². The Labute approximate surface area is 108 Å². The maximum Gasteiger partial charge on any atom is 0.00103 e. The fourth-order valence-electron chi connectivity index (χ4n) is 2.30. The third-order valence-corrected chi connectivity index (χ3v) is 3.46. The lowest BCUT2D eigenvalue weighted by molar-refractivity contribution is 0.257. The summed E-state index contributed by atoms with van der Waals surface area (Å²) in [4.78, 5) is 2.69. The predicted molar refractivity (Wildman–Crippen MR) is 76.4 cm³/mol. The molecular formula is C15H32N2. The molecule has 0 aromatic carbocycles. The standard InChI is InChI=1S/C15H32N2/c1-4-11-17(13-15-8-9-15)12-7-5-6-10-16-14(2)3/h14-16H,4-13H2,1-3H3. The highest BCUT2D eigenvalue weighted by atomic mass is 15.1. The molecule has 1 aliphatic carbocycles. The summed E-state index contributed by atoms with van der Waals surface area (Å²) < 4.78 is 0. The fourth-order valence-corrected chi connectivity index (χ4v) is 2.30. The smallest absolute Gasteiger partial charge is 0.00103 e. The van der Waals surface area contributed by atoms with Gasteiger partial charge in [-0.1, -0.05) is 27.2 Å². The Morgan fingerprint density at radius 3 is 2.47 bits per heavy atom. The minimum absolute atomic E-state index is 0.640. The van der Waals surface area contributed by atoms with Crippen molar-refractivity contribution < 1.29 is 0 Å². The Bertz CT molecular complexity index is 176. The van der Waals surface area contributed by atoms with Crippen molar-refractivity contribution in [3.63, 3.8) is 0 Å². The van der Waals surface area contributed by atoms with Crippen molar-refractivity contribution in [1.29, 1.82) is 0 Å². The molecule has 1 N–H and O–H groups in total. The molecule has 17 heavy (non-hydrogen) atoms. The topological polar surface area (TPSA) is 15.3 Å². The largest absolute Gasteiger partial charge is 0.315 e. The second-order valence-corrected chi connectivity index (χ2v) is 5.91. The van der Waals surface area contributed by atoms with Gasteiger partial charge in [0.25, 0.3) is 0 Å². The Kier molecular flexibility index (Phi) is 7.87. The average molecular weight is 240 g/mol. The van der Waals surface area contributed by atoms with E-state index < -0.39 is 0 Å². The van der Waals surface area contributed by atoms with Crippen molar-refractivity contribution in [3.05, 3.63) is 0 Å². The van der Waals surface area contributed by atoms with Gasteiger partial charge in [-0.2, -0.15) is 0 Å². The molecule has 0 saturated heterocycles. The quantitative estimate of drug-likeness (QED) is 0.558. The lowest BCUT2D eigenvalue weighted by Crippen LogP contribution is -2.28. The van der Waals surface area contributed by atoms with E-state index in [-0.39, 0.29) is 0 Å². The predicted octanol–water partition coefficient (Wildman–Crippen LogP) is 3.28. The number of hydrogen-bond acceptors (Lipinski definition) is 2. The first-order valence-corrected chi connectivity index (χ1v) is 7.68. The van der Waals surface area contributed by atoms with E-state index in [1.165, 1.54) is 64.7 Å². The van der Waals surface area contributed by atoms with Gasteiger partial charge in [0.2, 0.25) is 0 Å². The van der Waals surface area contributed by atoms with Crippen molar-refractivity contribution in [2.45, 2.75) is 65.3 Å². The van der Waals surface area contributed by atoms with Crippen LogP contribution in [0.2, 0.25) is 0 Å². The molecule has 0 unspecified atom stereocenters. The lowest BCUT2D eigenvalue weighted by Gasteiger charge is -2.21. The van der Waals surface area contributed by atoms with Crippen LogP contribution in [-0.2, 0) is 0 Å². The van der Waals surface area contributed by atoms with Gasteiger partial charge in [-0.15, -0.1) is 0 Å². The van der Waals surface area contributed by atoms with Crippen molar-refractivity contribution in [1.82, 2.24) is 10.2 Å². The summed E-state index contributed by atoms with van der Waals surface area (Å²) in [5.41, 5.74) is 0. The van der Waals surface area contributed by atoms with E-state index >= 15 is 0 Å². The number of hydrogen-bond donors (Lipinski definition) is 1. The molecule has 0 heterocycles. The molecule has 0 radical (unpaired) electrons. The molecule has 102 valence electrons. The van der Waals surface area contributed by atoms with Crippen molar-refractivity contribution in [2.75, 3.05) is 26.2 Å². The van der Waals surface area contributed by atoms with Crippen LogP contribution >= 0.6 is 0 Å². The summed E-state index contributed by atoms with van der Waals surface area (Å²) in [7, 11) is 0. The minimum atomic E-state index is 0.640. The van der Waals surface area contributed by atoms with E-state index in [9.17, 15) is 0 Å². The SMILES string of the molecule is CCCN(CCCCCNC(C)C)CC1CC1. The molecule has 0 aromatic rings. The van der Waals surface area contributed by atoms with Crippen LogP contribution < -0.4 is 5.32 Å². The summed E-state index contributed by atoms with van der Waals surface area (Å²) >= 11 is 0. The maximum absolute atomic E-state index is 3.49. The van der Waals surface area contributed by atoms with Crippen LogP contribution in [0.5, 0.6) is 0 Å². The first-order chi connectivity index (χ1) is 8.22. The second-order valence-electron chi connectivity index (χ2n) is 5.91. The maximum atomic E-state index is 3.49. The van der Waals surface area contributed by atoms with Gasteiger partial charge in [-0.05, 0) is 57.7 Å². The molecule has 1 saturated carbocycles. The van der Waals surface area contributed by atoms with Crippen molar-refractivity contribution >= 4 is 0 Å². The zero-order chi connectivity index (χ0) is 12.5. The molecule has 1 fully saturated rings. The van der Waals surface area contributed by atoms with Crippen LogP contribution in [0.4, 0.5) is 0 Å². The van der Waals surface area contributed by atoms with Gasteiger partial charge in [-0.3, -0.25) is 0 Å². The van der Waals surface area contributed by atoms with Gasteiger partial charge in [-0.25, -0.2) is 0 Å². The Hall–Kier alpha value is -0.0800. The molecule has 0 spiro atoms. The average Bonchev–Trinajstić information content (AvgIpc) is 3.06. The molecule has 1 rings (SSSR count). The van der Waals surface area contributed by atoms with Crippen LogP contribution in [0, 0.1) is 5.92 Å². The Morgan fingerprint density at radius 1 is 1.12 bits per heavy atom. The molecule has 2 nitrogen and oxygen atoms in total. The van der Waals surface area contributed by atoms with Crippen LogP contribution in [0.25, 0.3) is 0 Å². The van der Waals surface area contributed by atoms with Gasteiger partial charge in [0.15, 0.2) is 0 Å². The van der Waals surface area contributed by atoms with Gasteiger partial charge < -0.3 is 10.2 Å². The van der Waals surface area contributed by atoms with E-state index in [0.29, 0.717) is 6.04 Å². The first kappa shape index (κ1) is 15.0. The van der Waals surface area contributed by atoms with Crippen molar-refractivity contribution in [3.8, 4) is 0 Å². The molecule has 2 heteroatoms. The summed E-state index contributed by atoms with van der Waals surface area (Å²) in [5, 5.41) is 3.49. The van der Waals surface area contributed by atoms with Crippen LogP contribution in [0.1, 0.15) is 59.3 Å². The van der Waals surface area contributed by atoms with Crippen LogP contribution in [0.3, 0.4) is 0 Å². The summed E-state index contributed by atoms with van der Waals surface area (Å²) in [6.45, 7) is 11.9. The first-order valence-electron chi connectivity index (χ1n) is 7.68. The normalized spacial score (nSPS) is 16.1. The molecule has 0 amide bonds. The molecule has 0 aliphatic heterocycles. The van der Waals surface area contributed by atoms with Gasteiger partial charge in [0, 0.05) is 12.6 Å². The van der Waals surface area contributed by atoms with E-state index in [1.54, 1.807) is 0 Å². The molecule has 0 aromatic heterocycles. The lowest BCUT2D eigenvalue weighted by atomic mass is 10.2. The third kappa shape index (κ3) is 8.62. The fraction of sp³-hybridized carbons (Fsp3) is 1.00.